The van der Waals surface area contributed by atoms with E-state index in [4.69, 9.17) is 5.73 Å². The second-order valence-corrected chi connectivity index (χ2v) is 6.31. The molecule has 0 saturated heterocycles. The van der Waals surface area contributed by atoms with Crippen molar-refractivity contribution >= 4 is 10.2 Å². The zero-order chi connectivity index (χ0) is 16.1. The molecule has 0 aromatic heterocycles. The van der Waals surface area contributed by atoms with E-state index in [0.717, 1.165) is 10.4 Å². The van der Waals surface area contributed by atoms with Gasteiger partial charge in [-0.05, 0) is 24.6 Å². The molecule has 1 rings (SSSR count). The number of halogens is 3. The van der Waals surface area contributed by atoms with Gasteiger partial charge in [0.05, 0.1) is 5.56 Å². The highest BCUT2D eigenvalue weighted by Crippen LogP contribution is 2.31. The van der Waals surface area contributed by atoms with Gasteiger partial charge in [-0.15, -0.1) is 0 Å². The van der Waals surface area contributed by atoms with Crippen molar-refractivity contribution in [2.75, 3.05) is 20.1 Å². The number of alkyl halides is 3. The van der Waals surface area contributed by atoms with Gasteiger partial charge < -0.3 is 5.73 Å². The Morgan fingerprint density at radius 2 is 1.90 bits per heavy atom. The second kappa shape index (κ2) is 7.21. The van der Waals surface area contributed by atoms with Gasteiger partial charge in [-0.3, -0.25) is 0 Å². The molecular formula is C12H18F3N3O2S. The molecule has 1 aromatic rings. The maximum absolute atomic E-state index is 12.8. The van der Waals surface area contributed by atoms with E-state index in [1.54, 1.807) is 0 Å². The molecule has 5 nitrogen and oxygen atoms in total. The third-order valence-corrected chi connectivity index (χ3v) is 4.37. The lowest BCUT2D eigenvalue weighted by molar-refractivity contribution is -0.138. The normalized spacial score (nSPS) is 12.9. The van der Waals surface area contributed by atoms with E-state index in [2.05, 4.69) is 4.72 Å². The smallest absolute Gasteiger partial charge is 0.330 e. The number of benzene rings is 1. The zero-order valence-electron chi connectivity index (χ0n) is 11.5. The van der Waals surface area contributed by atoms with Crippen LogP contribution in [-0.2, 0) is 22.9 Å². The average Bonchev–Trinajstić information content (AvgIpc) is 2.41. The van der Waals surface area contributed by atoms with Gasteiger partial charge in [0, 0.05) is 20.1 Å². The van der Waals surface area contributed by atoms with Gasteiger partial charge >= 0.3 is 6.18 Å². The van der Waals surface area contributed by atoms with Gasteiger partial charge in [0.2, 0.25) is 0 Å². The summed E-state index contributed by atoms with van der Waals surface area (Å²) in [5.74, 6) is 0. The van der Waals surface area contributed by atoms with Crippen LogP contribution in [0.25, 0.3) is 0 Å². The summed E-state index contributed by atoms with van der Waals surface area (Å²) in [6.45, 7) is 0.106. The molecule has 9 heteroatoms. The third kappa shape index (κ3) is 5.27. The minimum atomic E-state index is -4.52. The summed E-state index contributed by atoms with van der Waals surface area (Å²) in [4.78, 5) is 0. The Hall–Kier alpha value is -1.16. The SMILES string of the molecule is CN(CCCN)S(=O)(=O)NCc1ccccc1C(F)(F)F. The molecule has 0 aliphatic carbocycles. The van der Waals surface area contributed by atoms with Crippen molar-refractivity contribution in [3.05, 3.63) is 35.4 Å². The van der Waals surface area contributed by atoms with Gasteiger partial charge in [0.15, 0.2) is 0 Å². The number of nitrogens with one attached hydrogen (secondary N) is 1. The number of hydrogen-bond donors (Lipinski definition) is 2. The van der Waals surface area contributed by atoms with Crippen molar-refractivity contribution in [1.29, 1.82) is 0 Å². The minimum absolute atomic E-state index is 0.124. The predicted octanol–water partition coefficient (Wildman–Crippen LogP) is 1.32. The molecule has 0 spiro atoms. The van der Waals surface area contributed by atoms with Gasteiger partial charge in [-0.2, -0.15) is 30.6 Å². The molecule has 120 valence electrons. The summed E-state index contributed by atoms with van der Waals surface area (Å²) in [6.07, 6.45) is -4.05. The fourth-order valence-corrected chi connectivity index (χ4v) is 2.59. The quantitative estimate of drug-likeness (QED) is 0.794. The molecule has 0 fully saturated rings. The van der Waals surface area contributed by atoms with Crippen molar-refractivity contribution in [3.8, 4) is 0 Å². The van der Waals surface area contributed by atoms with Crippen molar-refractivity contribution in [1.82, 2.24) is 9.03 Å². The van der Waals surface area contributed by atoms with Crippen LogP contribution in [0.15, 0.2) is 24.3 Å². The number of nitrogens with zero attached hydrogens (tertiary/aromatic N) is 1. The average molecular weight is 325 g/mol. The van der Waals surface area contributed by atoms with Crippen LogP contribution < -0.4 is 10.5 Å². The molecule has 0 aliphatic heterocycles. The standard InChI is InChI=1S/C12H18F3N3O2S/c1-18(8-4-7-16)21(19,20)17-9-10-5-2-3-6-11(10)12(13,14)15/h2-3,5-6,17H,4,7-9,16H2,1H3. The Kier molecular flexibility index (Phi) is 6.14. The van der Waals surface area contributed by atoms with Gasteiger partial charge in [0.1, 0.15) is 0 Å². The molecule has 0 radical (unpaired) electrons. The van der Waals surface area contributed by atoms with Gasteiger partial charge in [-0.1, -0.05) is 18.2 Å². The Balaban J connectivity index is 2.80. The summed E-state index contributed by atoms with van der Waals surface area (Å²) in [6, 6.07) is 4.85. The highest BCUT2D eigenvalue weighted by molar-refractivity contribution is 7.87. The lowest BCUT2D eigenvalue weighted by Crippen LogP contribution is -2.39. The van der Waals surface area contributed by atoms with Crippen LogP contribution in [0.4, 0.5) is 13.2 Å². The van der Waals surface area contributed by atoms with Crippen molar-refractivity contribution < 1.29 is 21.6 Å². The summed E-state index contributed by atoms with van der Waals surface area (Å²) in [5, 5.41) is 0. The largest absolute Gasteiger partial charge is 0.416 e. The predicted molar refractivity (Wildman–Crippen MR) is 73.5 cm³/mol. The van der Waals surface area contributed by atoms with Crippen LogP contribution in [0, 0.1) is 0 Å². The fourth-order valence-electron chi connectivity index (χ4n) is 1.66. The first-order chi connectivity index (χ1) is 9.68. The van der Waals surface area contributed by atoms with Gasteiger partial charge in [0.25, 0.3) is 10.2 Å². The monoisotopic (exact) mass is 325 g/mol. The molecule has 0 atom stereocenters. The summed E-state index contributed by atoms with van der Waals surface area (Å²) in [5.41, 5.74) is 4.31. The van der Waals surface area contributed by atoms with Crippen molar-refractivity contribution in [3.63, 3.8) is 0 Å². The first-order valence-corrected chi connectivity index (χ1v) is 7.68. The first-order valence-electron chi connectivity index (χ1n) is 6.24. The highest BCUT2D eigenvalue weighted by atomic mass is 32.2. The minimum Gasteiger partial charge on any atom is -0.330 e. The lowest BCUT2D eigenvalue weighted by Gasteiger charge is -2.18. The molecule has 0 heterocycles. The van der Waals surface area contributed by atoms with E-state index >= 15 is 0 Å². The lowest BCUT2D eigenvalue weighted by atomic mass is 10.1. The molecule has 0 saturated carbocycles. The second-order valence-electron chi connectivity index (χ2n) is 4.44. The van der Waals surface area contributed by atoms with Crippen LogP contribution >= 0.6 is 0 Å². The summed E-state index contributed by atoms with van der Waals surface area (Å²) >= 11 is 0. The Morgan fingerprint density at radius 3 is 2.48 bits per heavy atom. The van der Waals surface area contributed by atoms with E-state index in [9.17, 15) is 21.6 Å². The number of hydrogen-bond acceptors (Lipinski definition) is 3. The molecular weight excluding hydrogens is 307 g/mol. The Morgan fingerprint density at radius 1 is 1.29 bits per heavy atom. The third-order valence-electron chi connectivity index (χ3n) is 2.86. The Labute approximate surface area is 122 Å². The number of nitrogens with two attached hydrogens (primary N) is 1. The molecule has 0 aliphatic rings. The first kappa shape index (κ1) is 17.9. The maximum atomic E-state index is 12.8. The fraction of sp³-hybridized carbons (Fsp3) is 0.500. The van der Waals surface area contributed by atoms with Crippen LogP contribution in [0.5, 0.6) is 0 Å². The zero-order valence-corrected chi connectivity index (χ0v) is 12.3. The van der Waals surface area contributed by atoms with Crippen LogP contribution in [0.2, 0.25) is 0 Å². The van der Waals surface area contributed by atoms with E-state index in [1.165, 1.54) is 25.2 Å². The summed E-state index contributed by atoms with van der Waals surface area (Å²) < 4.78 is 65.3. The van der Waals surface area contributed by atoms with Crippen LogP contribution in [0.1, 0.15) is 17.5 Å². The maximum Gasteiger partial charge on any atom is 0.416 e. The number of rotatable bonds is 7. The van der Waals surface area contributed by atoms with E-state index in [0.29, 0.717) is 13.0 Å². The molecule has 3 N–H and O–H groups in total. The van der Waals surface area contributed by atoms with E-state index in [-0.39, 0.29) is 12.1 Å². The van der Waals surface area contributed by atoms with Crippen molar-refractivity contribution in [2.24, 2.45) is 5.73 Å². The van der Waals surface area contributed by atoms with Crippen molar-refractivity contribution in [2.45, 2.75) is 19.1 Å². The van der Waals surface area contributed by atoms with Crippen LogP contribution in [0.3, 0.4) is 0 Å². The topological polar surface area (TPSA) is 75.4 Å². The van der Waals surface area contributed by atoms with E-state index in [1.807, 2.05) is 0 Å². The van der Waals surface area contributed by atoms with E-state index < -0.39 is 28.5 Å². The molecule has 0 unspecified atom stereocenters. The summed E-state index contributed by atoms with van der Waals surface area (Å²) in [7, 11) is -2.49. The molecule has 0 amide bonds. The molecule has 1 aromatic carbocycles. The molecule has 21 heavy (non-hydrogen) atoms. The Bertz CT molecular complexity index is 561. The highest BCUT2D eigenvalue weighted by Gasteiger charge is 2.33. The molecule has 0 bridgehead atoms. The van der Waals surface area contributed by atoms with Crippen LogP contribution in [-0.4, -0.2) is 32.9 Å². The van der Waals surface area contributed by atoms with Gasteiger partial charge in [-0.25, -0.2) is 0 Å².